The molecule has 3 N–H and O–H groups in total. The number of quaternary nitrogens is 2. The molecule has 1 atom stereocenters. The smallest absolute Gasteiger partial charge is 0.128 e. The van der Waals surface area contributed by atoms with Crippen molar-refractivity contribution in [1.82, 2.24) is 0 Å². The fourth-order valence-corrected chi connectivity index (χ4v) is 5.82. The van der Waals surface area contributed by atoms with Crippen LogP contribution in [0.2, 0.25) is 10.0 Å². The maximum atomic E-state index is 9.21. The molecular weight excluding hydrogens is 387 g/mol. The van der Waals surface area contributed by atoms with Crippen molar-refractivity contribution in [2.24, 2.45) is 0 Å². The van der Waals surface area contributed by atoms with Crippen molar-refractivity contribution in [3.63, 3.8) is 0 Å². The Kier molecular flexibility index (Phi) is 5.79. The average Bonchev–Trinajstić information content (AvgIpc) is 2.80. The summed E-state index contributed by atoms with van der Waals surface area (Å²) in [5, 5.41) is 10.8. The van der Waals surface area contributed by atoms with Crippen LogP contribution in [0.3, 0.4) is 0 Å². The van der Waals surface area contributed by atoms with Crippen LogP contribution in [-0.2, 0) is 6.42 Å². The topological polar surface area (TPSA) is 29.1 Å². The van der Waals surface area contributed by atoms with E-state index in [-0.39, 0.29) is 6.61 Å². The van der Waals surface area contributed by atoms with Gasteiger partial charge >= 0.3 is 0 Å². The zero-order valence-corrected chi connectivity index (χ0v) is 16.9. The monoisotopic (exact) mass is 410 g/mol. The Hall–Kier alpha value is -0.750. The van der Waals surface area contributed by atoms with E-state index in [1.807, 2.05) is 12.1 Å². The highest BCUT2D eigenvalue weighted by atomic mass is 35.5. The Labute approximate surface area is 168 Å². The summed E-state index contributed by atoms with van der Waals surface area (Å²) in [7, 11) is 0. The number of hydrogen-bond acceptors (Lipinski definition) is 2. The number of fused-ring (bicyclic) bond motifs is 2. The van der Waals surface area contributed by atoms with Gasteiger partial charge in [-0.05, 0) is 29.8 Å². The van der Waals surface area contributed by atoms with Crippen molar-refractivity contribution in [2.45, 2.75) is 22.3 Å². The first-order valence-corrected chi connectivity index (χ1v) is 10.8. The van der Waals surface area contributed by atoms with Gasteiger partial charge in [0.2, 0.25) is 0 Å². The van der Waals surface area contributed by atoms with Gasteiger partial charge in [-0.1, -0.05) is 47.1 Å². The third-order valence-electron chi connectivity index (χ3n) is 5.59. The van der Waals surface area contributed by atoms with Crippen molar-refractivity contribution < 1.29 is 14.9 Å². The molecular formula is C20H24Cl2N2OS+2. The van der Waals surface area contributed by atoms with Crippen LogP contribution >= 0.6 is 35.0 Å². The number of aliphatic hydroxyl groups excluding tert-OH is 1. The summed E-state index contributed by atoms with van der Waals surface area (Å²) in [5.41, 5.74) is 2.67. The molecule has 1 fully saturated rings. The molecule has 2 aliphatic heterocycles. The maximum Gasteiger partial charge on any atom is 0.128 e. The lowest BCUT2D eigenvalue weighted by atomic mass is 9.96. The minimum absolute atomic E-state index is 0.273. The van der Waals surface area contributed by atoms with E-state index < -0.39 is 0 Å². The van der Waals surface area contributed by atoms with Crippen LogP contribution in [0, 0.1) is 0 Å². The molecule has 3 nitrogen and oxygen atoms in total. The molecule has 2 aromatic rings. The Bertz CT molecular complexity index is 793. The summed E-state index contributed by atoms with van der Waals surface area (Å²) in [6, 6.07) is 12.9. The van der Waals surface area contributed by atoms with Crippen LogP contribution in [-0.4, -0.2) is 44.4 Å². The molecule has 138 valence electrons. The third kappa shape index (κ3) is 3.77. The minimum Gasteiger partial charge on any atom is -0.391 e. The number of aliphatic hydroxyl groups is 1. The Morgan fingerprint density at radius 3 is 2.65 bits per heavy atom. The second kappa shape index (κ2) is 8.09. The van der Waals surface area contributed by atoms with Crippen LogP contribution in [0.1, 0.15) is 17.2 Å². The van der Waals surface area contributed by atoms with Crippen LogP contribution in [0.5, 0.6) is 0 Å². The molecule has 0 aliphatic carbocycles. The molecule has 6 heteroatoms. The molecule has 1 saturated heterocycles. The highest BCUT2D eigenvalue weighted by Gasteiger charge is 2.34. The minimum atomic E-state index is 0.273. The quantitative estimate of drug-likeness (QED) is 0.715. The van der Waals surface area contributed by atoms with Gasteiger partial charge in [0.15, 0.2) is 0 Å². The highest BCUT2D eigenvalue weighted by Crippen LogP contribution is 2.43. The SMILES string of the molecule is OCC[NH+]1CC[NH+]([C@H]2Cc3cc(Cl)ccc3Sc3c(Cl)cccc32)CC1. The lowest BCUT2D eigenvalue weighted by Crippen LogP contribution is -3.28. The first kappa shape index (κ1) is 18.6. The van der Waals surface area contributed by atoms with Crippen molar-refractivity contribution in [2.75, 3.05) is 39.3 Å². The number of halogens is 2. The van der Waals surface area contributed by atoms with E-state index in [2.05, 4.69) is 24.3 Å². The first-order chi connectivity index (χ1) is 12.7. The largest absolute Gasteiger partial charge is 0.391 e. The van der Waals surface area contributed by atoms with Gasteiger partial charge in [-0.15, -0.1) is 0 Å². The number of piperazine rings is 1. The molecule has 2 aromatic carbocycles. The first-order valence-electron chi connectivity index (χ1n) is 9.19. The van der Waals surface area contributed by atoms with E-state index >= 15 is 0 Å². The van der Waals surface area contributed by atoms with Crippen molar-refractivity contribution in [1.29, 1.82) is 0 Å². The van der Waals surface area contributed by atoms with Gasteiger partial charge in [-0.25, -0.2) is 0 Å². The predicted octanol–water partition coefficient (Wildman–Crippen LogP) is 1.52. The molecule has 0 aromatic heterocycles. The van der Waals surface area contributed by atoms with Crippen LogP contribution in [0.25, 0.3) is 0 Å². The second-order valence-electron chi connectivity index (χ2n) is 7.15. The van der Waals surface area contributed by atoms with Crippen molar-refractivity contribution in [3.8, 4) is 0 Å². The molecule has 0 amide bonds. The Balaban J connectivity index is 1.68. The molecule has 4 rings (SSSR count). The summed E-state index contributed by atoms with van der Waals surface area (Å²) in [4.78, 5) is 5.57. The standard InChI is InChI=1S/C20H22Cl2N2OS/c21-15-4-5-19-14(12-15)13-18(16-2-1-3-17(22)20(16)26-19)24-8-6-23(7-9-24)10-11-25/h1-5,12,18,25H,6-11,13H2/p+2/t18-/m0/s1. The van der Waals surface area contributed by atoms with E-state index in [4.69, 9.17) is 23.2 Å². The van der Waals surface area contributed by atoms with Gasteiger partial charge in [-0.2, -0.15) is 0 Å². The summed E-state index contributed by atoms with van der Waals surface area (Å²) in [6.07, 6.45) is 0.987. The molecule has 0 bridgehead atoms. The summed E-state index contributed by atoms with van der Waals surface area (Å²) < 4.78 is 0. The van der Waals surface area contributed by atoms with Crippen molar-refractivity contribution >= 4 is 35.0 Å². The summed E-state index contributed by atoms with van der Waals surface area (Å²) in [6.45, 7) is 5.58. The Morgan fingerprint density at radius 2 is 1.88 bits per heavy atom. The Morgan fingerprint density at radius 1 is 1.08 bits per heavy atom. The third-order valence-corrected chi connectivity index (χ3v) is 7.53. The van der Waals surface area contributed by atoms with Gasteiger partial charge in [0.05, 0.1) is 11.6 Å². The molecule has 0 spiro atoms. The van der Waals surface area contributed by atoms with Gasteiger partial charge in [0.25, 0.3) is 0 Å². The van der Waals surface area contributed by atoms with E-state index in [0.29, 0.717) is 6.04 Å². The zero-order valence-electron chi connectivity index (χ0n) is 14.6. The second-order valence-corrected chi connectivity index (χ2v) is 9.05. The number of rotatable bonds is 3. The normalized spacial score (nSPS) is 25.3. The van der Waals surface area contributed by atoms with E-state index in [9.17, 15) is 5.11 Å². The van der Waals surface area contributed by atoms with E-state index in [1.165, 1.54) is 25.8 Å². The average molecular weight is 411 g/mol. The lowest BCUT2D eigenvalue weighted by molar-refractivity contribution is -1.03. The number of benzene rings is 2. The molecule has 0 saturated carbocycles. The molecule has 0 radical (unpaired) electrons. The highest BCUT2D eigenvalue weighted by molar-refractivity contribution is 7.99. The summed E-state index contributed by atoms with van der Waals surface area (Å²) >= 11 is 14.7. The molecule has 2 heterocycles. The number of hydrogen-bond donors (Lipinski definition) is 3. The molecule has 26 heavy (non-hydrogen) atoms. The molecule has 2 aliphatic rings. The summed E-state index contributed by atoms with van der Waals surface area (Å²) in [5.74, 6) is 0. The fraction of sp³-hybridized carbons (Fsp3) is 0.400. The number of nitrogens with one attached hydrogen (secondary N) is 2. The van der Waals surface area contributed by atoms with Crippen LogP contribution in [0.4, 0.5) is 0 Å². The maximum absolute atomic E-state index is 9.21. The van der Waals surface area contributed by atoms with Gasteiger partial charge in [0, 0.05) is 26.8 Å². The zero-order chi connectivity index (χ0) is 18.1. The van der Waals surface area contributed by atoms with E-state index in [0.717, 1.165) is 49.2 Å². The van der Waals surface area contributed by atoms with Crippen LogP contribution < -0.4 is 9.80 Å². The van der Waals surface area contributed by atoms with Crippen LogP contribution in [0.15, 0.2) is 46.2 Å². The van der Waals surface area contributed by atoms with Gasteiger partial charge < -0.3 is 14.9 Å². The fourth-order valence-electron chi connectivity index (χ4n) is 4.20. The van der Waals surface area contributed by atoms with Crippen molar-refractivity contribution in [3.05, 3.63) is 57.6 Å². The predicted molar refractivity (Wildman–Crippen MR) is 107 cm³/mol. The van der Waals surface area contributed by atoms with E-state index in [1.54, 1.807) is 16.7 Å². The lowest BCUT2D eigenvalue weighted by Gasteiger charge is -2.35. The van der Waals surface area contributed by atoms with Gasteiger partial charge in [0.1, 0.15) is 38.8 Å². The van der Waals surface area contributed by atoms with Gasteiger partial charge in [-0.3, -0.25) is 0 Å². The molecule has 0 unspecified atom stereocenters.